The van der Waals surface area contributed by atoms with Crippen LogP contribution in [0.1, 0.15) is 12.5 Å². The van der Waals surface area contributed by atoms with Crippen LogP contribution in [0.25, 0.3) is 0 Å². The highest BCUT2D eigenvalue weighted by Crippen LogP contribution is 2.15. The number of nitrogens with zero attached hydrogens (tertiary/aromatic N) is 5. The van der Waals surface area contributed by atoms with Gasteiger partial charge in [0.25, 0.3) is 0 Å². The lowest BCUT2D eigenvalue weighted by molar-refractivity contribution is 0.311. The maximum Gasteiger partial charge on any atom is 0.322 e. The van der Waals surface area contributed by atoms with E-state index in [1.807, 2.05) is 31.0 Å². The first kappa shape index (κ1) is 13.5. The fourth-order valence-corrected chi connectivity index (χ4v) is 1.67. The van der Waals surface area contributed by atoms with Gasteiger partial charge in [-0.3, -0.25) is 4.98 Å². The number of rotatable bonds is 5. The second-order valence-corrected chi connectivity index (χ2v) is 4.18. The van der Waals surface area contributed by atoms with E-state index in [2.05, 4.69) is 19.9 Å². The van der Waals surface area contributed by atoms with Crippen molar-refractivity contribution >= 4 is 17.5 Å². The monoisotopic (exact) mass is 279 g/mol. The Hall–Kier alpha value is -1.95. The molecule has 100 valence electrons. The van der Waals surface area contributed by atoms with Gasteiger partial charge < -0.3 is 9.64 Å². The molecule has 0 aromatic carbocycles. The molecule has 0 saturated heterocycles. The molecule has 0 unspecified atom stereocenters. The van der Waals surface area contributed by atoms with Gasteiger partial charge >= 0.3 is 6.01 Å². The second-order valence-electron chi connectivity index (χ2n) is 3.84. The minimum Gasteiger partial charge on any atom is -0.464 e. The molecule has 0 fully saturated rings. The summed E-state index contributed by atoms with van der Waals surface area (Å²) in [5, 5.41) is 0.117. The molecule has 0 amide bonds. The van der Waals surface area contributed by atoms with Gasteiger partial charge in [-0.2, -0.15) is 15.0 Å². The van der Waals surface area contributed by atoms with E-state index in [1.54, 1.807) is 12.4 Å². The molecular weight excluding hydrogens is 266 g/mol. The molecule has 0 aliphatic heterocycles. The summed E-state index contributed by atoms with van der Waals surface area (Å²) in [4.78, 5) is 18.1. The van der Waals surface area contributed by atoms with Crippen molar-refractivity contribution in [3.8, 4) is 6.01 Å². The molecule has 0 aliphatic rings. The first-order valence-corrected chi connectivity index (χ1v) is 6.21. The number of ether oxygens (including phenoxy) is 1. The van der Waals surface area contributed by atoms with Crippen molar-refractivity contribution in [2.75, 3.05) is 18.6 Å². The van der Waals surface area contributed by atoms with Crippen LogP contribution in [0.5, 0.6) is 6.01 Å². The summed E-state index contributed by atoms with van der Waals surface area (Å²) >= 11 is 5.85. The predicted octanol–water partition coefficient (Wildman–Crippen LogP) is 1.96. The van der Waals surface area contributed by atoms with Crippen LogP contribution < -0.4 is 9.64 Å². The summed E-state index contributed by atoms with van der Waals surface area (Å²) in [6.45, 7) is 2.96. The molecule has 2 rings (SSSR count). The van der Waals surface area contributed by atoms with E-state index in [0.29, 0.717) is 19.1 Å². The molecule has 0 N–H and O–H groups in total. The Morgan fingerprint density at radius 3 is 2.84 bits per heavy atom. The van der Waals surface area contributed by atoms with Crippen molar-refractivity contribution < 1.29 is 4.74 Å². The van der Waals surface area contributed by atoms with E-state index in [4.69, 9.17) is 16.3 Å². The lowest BCUT2D eigenvalue weighted by atomic mass is 10.3. The number of halogens is 1. The van der Waals surface area contributed by atoms with Crippen molar-refractivity contribution in [1.82, 2.24) is 19.9 Å². The molecule has 2 aromatic heterocycles. The Balaban J connectivity index is 2.16. The number of hydrogen-bond acceptors (Lipinski definition) is 6. The molecular formula is C12H14ClN5O. The first-order chi connectivity index (χ1) is 9.19. The zero-order valence-electron chi connectivity index (χ0n) is 10.7. The molecule has 0 aliphatic carbocycles. The van der Waals surface area contributed by atoms with Gasteiger partial charge in [-0.1, -0.05) is 6.07 Å². The lowest BCUT2D eigenvalue weighted by Gasteiger charge is -2.17. The summed E-state index contributed by atoms with van der Waals surface area (Å²) in [5.74, 6) is 0.465. The molecule has 6 nitrogen and oxygen atoms in total. The van der Waals surface area contributed by atoms with Crippen LogP contribution in [0.3, 0.4) is 0 Å². The molecule has 0 bridgehead atoms. The van der Waals surface area contributed by atoms with E-state index in [-0.39, 0.29) is 11.3 Å². The quantitative estimate of drug-likeness (QED) is 0.834. The number of aromatic nitrogens is 4. The van der Waals surface area contributed by atoms with E-state index in [9.17, 15) is 0 Å². The number of pyridine rings is 1. The third-order valence-corrected chi connectivity index (χ3v) is 2.50. The van der Waals surface area contributed by atoms with Gasteiger partial charge in [0.15, 0.2) is 0 Å². The van der Waals surface area contributed by atoms with Gasteiger partial charge in [0.2, 0.25) is 11.2 Å². The van der Waals surface area contributed by atoms with Crippen molar-refractivity contribution in [3.63, 3.8) is 0 Å². The zero-order chi connectivity index (χ0) is 13.7. The van der Waals surface area contributed by atoms with Crippen LogP contribution in [0.4, 0.5) is 5.95 Å². The van der Waals surface area contributed by atoms with Crippen molar-refractivity contribution in [2.24, 2.45) is 0 Å². The fourth-order valence-electron chi connectivity index (χ4n) is 1.52. The first-order valence-electron chi connectivity index (χ1n) is 5.83. The predicted molar refractivity (Wildman–Crippen MR) is 72.4 cm³/mol. The standard InChI is InChI=1S/C12H14ClN5O/c1-3-19-12-16-10(13)15-11(17-12)18(2)8-9-5-4-6-14-7-9/h4-7H,3,8H2,1-2H3. The van der Waals surface area contributed by atoms with Crippen LogP contribution in [0.15, 0.2) is 24.5 Å². The fraction of sp³-hybridized carbons (Fsp3) is 0.333. The minimum absolute atomic E-state index is 0.117. The molecule has 2 heterocycles. The Kier molecular flexibility index (Phi) is 4.46. The van der Waals surface area contributed by atoms with Crippen molar-refractivity contribution in [3.05, 3.63) is 35.4 Å². The Labute approximate surface area is 116 Å². The van der Waals surface area contributed by atoms with Crippen molar-refractivity contribution in [1.29, 1.82) is 0 Å². The zero-order valence-corrected chi connectivity index (χ0v) is 11.5. The van der Waals surface area contributed by atoms with E-state index in [1.165, 1.54) is 0 Å². The topological polar surface area (TPSA) is 64.0 Å². The molecule has 0 atom stereocenters. The van der Waals surface area contributed by atoms with E-state index in [0.717, 1.165) is 5.56 Å². The molecule has 0 radical (unpaired) electrons. The SMILES string of the molecule is CCOc1nc(Cl)nc(N(C)Cc2cccnc2)n1. The van der Waals surface area contributed by atoms with E-state index < -0.39 is 0 Å². The molecule has 0 saturated carbocycles. The van der Waals surface area contributed by atoms with Crippen LogP contribution in [0, 0.1) is 0 Å². The summed E-state index contributed by atoms with van der Waals surface area (Å²) in [6, 6.07) is 4.10. The summed E-state index contributed by atoms with van der Waals surface area (Å²) in [7, 11) is 1.87. The maximum atomic E-state index is 5.85. The van der Waals surface area contributed by atoms with Gasteiger partial charge in [-0.15, -0.1) is 0 Å². The second kappa shape index (κ2) is 6.29. The highest BCUT2D eigenvalue weighted by molar-refractivity contribution is 6.28. The third kappa shape index (κ3) is 3.75. The van der Waals surface area contributed by atoms with Gasteiger partial charge in [0.05, 0.1) is 6.61 Å². The maximum absolute atomic E-state index is 5.85. The average Bonchev–Trinajstić information content (AvgIpc) is 2.39. The molecule has 2 aromatic rings. The van der Waals surface area contributed by atoms with E-state index >= 15 is 0 Å². The van der Waals surface area contributed by atoms with Crippen LogP contribution in [-0.2, 0) is 6.54 Å². The van der Waals surface area contributed by atoms with Gasteiger partial charge in [-0.25, -0.2) is 0 Å². The smallest absolute Gasteiger partial charge is 0.322 e. The summed E-state index contributed by atoms with van der Waals surface area (Å²) in [5.41, 5.74) is 1.06. The summed E-state index contributed by atoms with van der Waals surface area (Å²) < 4.78 is 5.24. The lowest BCUT2D eigenvalue weighted by Crippen LogP contribution is -2.20. The third-order valence-electron chi connectivity index (χ3n) is 2.33. The normalized spacial score (nSPS) is 10.3. The molecule has 19 heavy (non-hydrogen) atoms. The average molecular weight is 280 g/mol. The molecule has 7 heteroatoms. The van der Waals surface area contributed by atoms with Gasteiger partial charge in [0, 0.05) is 26.0 Å². The highest BCUT2D eigenvalue weighted by Gasteiger charge is 2.10. The number of hydrogen-bond donors (Lipinski definition) is 0. The minimum atomic E-state index is 0.117. The van der Waals surface area contributed by atoms with Crippen molar-refractivity contribution in [2.45, 2.75) is 13.5 Å². The van der Waals surface area contributed by atoms with Gasteiger partial charge in [0.1, 0.15) is 0 Å². The Morgan fingerprint density at radius 2 is 2.16 bits per heavy atom. The van der Waals surface area contributed by atoms with Crippen LogP contribution in [0.2, 0.25) is 5.28 Å². The number of anilines is 1. The van der Waals surface area contributed by atoms with Crippen LogP contribution >= 0.6 is 11.6 Å². The Morgan fingerprint density at radius 1 is 1.32 bits per heavy atom. The highest BCUT2D eigenvalue weighted by atomic mass is 35.5. The summed E-state index contributed by atoms with van der Waals surface area (Å²) in [6.07, 6.45) is 3.53. The largest absolute Gasteiger partial charge is 0.464 e. The Bertz CT molecular complexity index is 537. The van der Waals surface area contributed by atoms with Crippen LogP contribution in [-0.4, -0.2) is 33.6 Å². The van der Waals surface area contributed by atoms with Gasteiger partial charge in [-0.05, 0) is 30.2 Å². The molecule has 0 spiro atoms.